The van der Waals surface area contributed by atoms with Crippen molar-refractivity contribution in [2.24, 2.45) is 0 Å². The Bertz CT molecular complexity index is 2350. The highest BCUT2D eigenvalue weighted by molar-refractivity contribution is 6.08. The summed E-state index contributed by atoms with van der Waals surface area (Å²) in [6, 6.07) is 2.00. The smallest absolute Gasteiger partial charge is 0.425 e. The Labute approximate surface area is 288 Å². The second-order valence-corrected chi connectivity index (χ2v) is 12.8. The number of nitrogens with zero attached hydrogens (tertiary/aromatic N) is 7. The van der Waals surface area contributed by atoms with E-state index in [1.807, 2.05) is 0 Å². The Morgan fingerprint density at radius 3 is 2.18 bits per heavy atom. The lowest BCUT2D eigenvalue weighted by molar-refractivity contribution is 0.0427. The normalized spacial score (nSPS) is 13.3. The van der Waals surface area contributed by atoms with Crippen LogP contribution in [0.2, 0.25) is 0 Å². The quantitative estimate of drug-likeness (QED) is 0.239. The van der Waals surface area contributed by atoms with E-state index in [-0.39, 0.29) is 39.4 Å². The molecular formula is C34H37FN8O6. The van der Waals surface area contributed by atoms with Crippen molar-refractivity contribution in [1.29, 1.82) is 0 Å². The molecule has 2 amide bonds. The fraction of sp³-hybridized carbons (Fsp3) is 0.324. The zero-order valence-electron chi connectivity index (χ0n) is 32.8. The first-order valence-electron chi connectivity index (χ1n) is 17.4. The molecule has 0 bridgehead atoms. The molecule has 5 aromatic rings. The predicted molar refractivity (Wildman–Crippen MR) is 179 cm³/mol. The molecule has 0 saturated carbocycles. The van der Waals surface area contributed by atoms with Gasteiger partial charge in [-0.3, -0.25) is 4.98 Å². The first kappa shape index (κ1) is 28.3. The Kier molecular flexibility index (Phi) is 7.55. The highest BCUT2D eigenvalue weighted by atomic mass is 19.1. The van der Waals surface area contributed by atoms with E-state index in [0.717, 1.165) is 15.1 Å². The van der Waals surface area contributed by atoms with Gasteiger partial charge in [0, 0.05) is 11.3 Å². The van der Waals surface area contributed by atoms with Crippen molar-refractivity contribution in [2.75, 3.05) is 10.6 Å². The van der Waals surface area contributed by atoms with Crippen LogP contribution in [0.3, 0.4) is 0 Å². The molecule has 1 aromatic carbocycles. The van der Waals surface area contributed by atoms with Gasteiger partial charge >= 0.3 is 17.9 Å². The van der Waals surface area contributed by atoms with Crippen LogP contribution in [0.25, 0.3) is 28.0 Å². The number of nitrogen functional groups attached to an aromatic ring is 1. The van der Waals surface area contributed by atoms with E-state index in [0.29, 0.717) is 10.6 Å². The number of halogens is 1. The number of aromatic nitrogens is 6. The van der Waals surface area contributed by atoms with E-state index in [2.05, 4.69) is 20.1 Å². The highest BCUT2D eigenvalue weighted by Crippen LogP contribution is 2.35. The predicted octanol–water partition coefficient (Wildman–Crippen LogP) is 5.26. The third kappa shape index (κ3) is 7.56. The topological polar surface area (TPSA) is 180 Å². The molecule has 0 radical (unpaired) electrons. The average Bonchev–Trinajstić information content (AvgIpc) is 3.37. The van der Waals surface area contributed by atoms with Crippen LogP contribution in [0.5, 0.6) is 0 Å². The number of amides is 2. The molecule has 0 aliphatic rings. The number of carbonyl (C=O) groups excluding carboxylic acids is 2. The van der Waals surface area contributed by atoms with Gasteiger partial charge in [-0.05, 0) is 78.3 Å². The maximum atomic E-state index is 15.4. The Morgan fingerprint density at radius 1 is 0.959 bits per heavy atom. The van der Waals surface area contributed by atoms with Crippen molar-refractivity contribution in [3.05, 3.63) is 87.9 Å². The van der Waals surface area contributed by atoms with Crippen LogP contribution in [-0.4, -0.2) is 57.6 Å². The number of imide groups is 1. The fourth-order valence-electron chi connectivity index (χ4n) is 4.71. The lowest BCUT2D eigenvalue weighted by Crippen LogP contribution is -2.44. The summed E-state index contributed by atoms with van der Waals surface area (Å²) < 4.78 is 69.8. The lowest BCUT2D eigenvalue weighted by atomic mass is 9.99. The van der Waals surface area contributed by atoms with Crippen LogP contribution < -0.4 is 16.3 Å². The average molecular weight is 678 g/mol. The molecule has 0 spiro atoms. The molecule has 0 atom stereocenters. The first-order valence-corrected chi connectivity index (χ1v) is 14.9. The SMILES string of the molecule is [2H]c1c([2H])c([2H])c(-c2nc(N)n3c(=O)n(Cc4ccc(F)c(N(C(=O)OC(C)(C)C)C(=O)OC(C)(C)C)n4)nc3c2-c2cc(C)nc(CO)c2)c([2H])c1[2H]. The van der Waals surface area contributed by atoms with Crippen LogP contribution in [-0.2, 0) is 22.6 Å². The zero-order chi connectivity index (χ0) is 40.2. The molecule has 256 valence electrons. The number of fused-ring (bicyclic) bond motifs is 1. The van der Waals surface area contributed by atoms with E-state index in [9.17, 15) is 19.5 Å². The van der Waals surface area contributed by atoms with Crippen molar-refractivity contribution < 1.29 is 35.4 Å². The van der Waals surface area contributed by atoms with Crippen LogP contribution >= 0.6 is 0 Å². The number of aryl methyl sites for hydroxylation is 1. The van der Waals surface area contributed by atoms with Crippen molar-refractivity contribution in [3.63, 3.8) is 0 Å². The van der Waals surface area contributed by atoms with E-state index in [4.69, 9.17) is 22.1 Å². The van der Waals surface area contributed by atoms with E-state index in [1.165, 1.54) is 12.1 Å². The van der Waals surface area contributed by atoms with Crippen molar-refractivity contribution in [3.8, 4) is 22.4 Å². The molecule has 4 heterocycles. The zero-order valence-corrected chi connectivity index (χ0v) is 27.8. The summed E-state index contributed by atoms with van der Waals surface area (Å²) in [5.41, 5.74) is 3.36. The van der Waals surface area contributed by atoms with E-state index < -0.39 is 90.0 Å². The van der Waals surface area contributed by atoms with Gasteiger partial charge in [0.2, 0.25) is 5.95 Å². The number of hydrogen-bond acceptors (Lipinski definition) is 11. The monoisotopic (exact) mass is 677 g/mol. The standard InChI is InChI=1S/C34H37FN8O6/c1-19-15-21(16-23(18-44)37-19)25-26(20-11-9-8-10-12-20)39-29(36)42-28(25)40-41(30(42)45)17-22-13-14-24(35)27(38-22)43(31(46)48-33(2,3)4)32(47)49-34(5,6)7/h8-16,44H,17-18H2,1-7H3,(H2,36,39)/i8D,9D,10D,11D,12D. The number of aliphatic hydroxyl groups is 1. The largest absolute Gasteiger partial charge is 0.443 e. The van der Waals surface area contributed by atoms with Gasteiger partial charge in [-0.25, -0.2) is 37.8 Å². The highest BCUT2D eigenvalue weighted by Gasteiger charge is 2.35. The molecule has 0 unspecified atom stereocenters. The Balaban J connectivity index is 1.75. The number of pyridine rings is 2. The van der Waals surface area contributed by atoms with Crippen LogP contribution in [0.4, 0.5) is 25.7 Å². The van der Waals surface area contributed by atoms with Gasteiger partial charge in [-0.2, -0.15) is 4.90 Å². The van der Waals surface area contributed by atoms with Gasteiger partial charge in [-0.1, -0.05) is 30.2 Å². The minimum absolute atomic E-state index is 0.00700. The van der Waals surface area contributed by atoms with Gasteiger partial charge in [0.05, 0.1) is 42.7 Å². The first-order chi connectivity index (χ1) is 25.0. The van der Waals surface area contributed by atoms with Gasteiger partial charge < -0.3 is 20.3 Å². The van der Waals surface area contributed by atoms with Gasteiger partial charge in [0.1, 0.15) is 11.2 Å². The molecule has 4 aromatic heterocycles. The van der Waals surface area contributed by atoms with E-state index in [1.54, 1.807) is 54.5 Å². The maximum Gasteiger partial charge on any atom is 0.425 e. The summed E-state index contributed by atoms with van der Waals surface area (Å²) in [5.74, 6) is -2.33. The fourth-order valence-corrected chi connectivity index (χ4v) is 4.71. The lowest BCUT2D eigenvalue weighted by Gasteiger charge is -2.28. The molecule has 14 nitrogen and oxygen atoms in total. The molecule has 0 aliphatic carbocycles. The minimum Gasteiger partial charge on any atom is -0.443 e. The number of rotatable bonds is 6. The van der Waals surface area contributed by atoms with Crippen molar-refractivity contribution in [1.82, 2.24) is 29.1 Å². The second-order valence-electron chi connectivity index (χ2n) is 12.8. The van der Waals surface area contributed by atoms with E-state index >= 15 is 4.39 Å². The molecule has 3 N–H and O–H groups in total. The third-order valence-corrected chi connectivity index (χ3v) is 6.51. The van der Waals surface area contributed by atoms with Gasteiger partial charge in [-0.15, -0.1) is 5.10 Å². The third-order valence-electron chi connectivity index (χ3n) is 6.51. The van der Waals surface area contributed by atoms with Crippen molar-refractivity contribution >= 4 is 29.6 Å². The Morgan fingerprint density at radius 2 is 1.59 bits per heavy atom. The summed E-state index contributed by atoms with van der Waals surface area (Å²) in [7, 11) is 0. The number of aliphatic hydroxyl groups excluding tert-OH is 1. The second kappa shape index (κ2) is 13.1. The molecule has 49 heavy (non-hydrogen) atoms. The minimum atomic E-state index is -1.27. The maximum absolute atomic E-state index is 15.4. The summed E-state index contributed by atoms with van der Waals surface area (Å²) in [6.07, 6.45) is -2.55. The number of anilines is 2. The molecule has 0 fully saturated rings. The molecular weight excluding hydrogens is 635 g/mol. The number of carbonyl (C=O) groups is 2. The Hall–Kier alpha value is -5.70. The van der Waals surface area contributed by atoms with Gasteiger partial charge in [0.25, 0.3) is 0 Å². The molecule has 0 aliphatic heterocycles. The van der Waals surface area contributed by atoms with Crippen molar-refractivity contribution in [2.45, 2.75) is 72.8 Å². The summed E-state index contributed by atoms with van der Waals surface area (Å²) in [6.45, 7) is 9.94. The molecule has 15 heteroatoms. The van der Waals surface area contributed by atoms with Crippen LogP contribution in [0, 0.1) is 12.7 Å². The van der Waals surface area contributed by atoms with Gasteiger partial charge in [0.15, 0.2) is 17.3 Å². The van der Waals surface area contributed by atoms with Crippen LogP contribution in [0.15, 0.2) is 59.3 Å². The summed E-state index contributed by atoms with van der Waals surface area (Å²) >= 11 is 0. The van der Waals surface area contributed by atoms with Crippen LogP contribution in [0.1, 0.15) is 65.5 Å². The number of hydrogen-bond donors (Lipinski definition) is 2. The summed E-state index contributed by atoms with van der Waals surface area (Å²) in [4.78, 5) is 53.5. The number of nitrogens with two attached hydrogens (primary N) is 1. The summed E-state index contributed by atoms with van der Waals surface area (Å²) in [5, 5.41) is 14.4. The molecule has 0 saturated heterocycles. The number of ether oxygens (including phenoxy) is 2. The number of benzene rings is 1. The molecule has 5 rings (SSSR count).